The Morgan fingerprint density at radius 1 is 1.12 bits per heavy atom. The summed E-state index contributed by atoms with van der Waals surface area (Å²) in [4.78, 5) is 0. The van der Waals surface area contributed by atoms with Crippen molar-refractivity contribution in [2.24, 2.45) is 0 Å². The largest absolute Gasteiger partial charge is 0.506 e. The predicted octanol–water partition coefficient (Wildman–Crippen LogP) is 3.69. The minimum atomic E-state index is -1.08. The van der Waals surface area contributed by atoms with Crippen molar-refractivity contribution in [3.8, 4) is 11.4 Å². The van der Waals surface area contributed by atoms with Crippen LogP contribution in [0, 0.1) is 13.8 Å². The van der Waals surface area contributed by atoms with E-state index in [1.54, 1.807) is 25.3 Å². The summed E-state index contributed by atoms with van der Waals surface area (Å²) in [5, 5.41) is 29.5. The molecule has 1 unspecified atom stereocenters. The van der Waals surface area contributed by atoms with Gasteiger partial charge in [0.2, 0.25) is 0 Å². The lowest BCUT2D eigenvalue weighted by Crippen LogP contribution is -2.24. The summed E-state index contributed by atoms with van der Waals surface area (Å²) >= 11 is 5.98. The molecule has 1 aromatic heterocycles. The predicted molar refractivity (Wildman–Crippen MR) is 97.2 cm³/mol. The molecule has 0 saturated heterocycles. The average Bonchev–Trinajstić information content (AvgIpc) is 2.96. The van der Waals surface area contributed by atoms with Crippen molar-refractivity contribution in [3.63, 3.8) is 0 Å². The molecule has 5 nitrogen and oxygen atoms in total. The van der Waals surface area contributed by atoms with Crippen molar-refractivity contribution in [3.05, 3.63) is 70.0 Å². The summed E-state index contributed by atoms with van der Waals surface area (Å²) < 4.78 is 1.45. The third kappa shape index (κ3) is 3.83. The van der Waals surface area contributed by atoms with Gasteiger partial charge < -0.3 is 10.2 Å². The molecule has 3 rings (SSSR count). The number of hydrogen-bond acceptors (Lipinski definition) is 4. The highest BCUT2D eigenvalue weighted by Crippen LogP contribution is 2.28. The Morgan fingerprint density at radius 3 is 2.48 bits per heavy atom. The molecule has 6 heteroatoms. The van der Waals surface area contributed by atoms with E-state index in [9.17, 15) is 10.2 Å². The molecule has 0 aliphatic carbocycles. The fourth-order valence-corrected chi connectivity index (χ4v) is 3.08. The molecule has 25 heavy (non-hydrogen) atoms. The summed E-state index contributed by atoms with van der Waals surface area (Å²) in [5.41, 5.74) is 3.02. The monoisotopic (exact) mass is 357 g/mol. The van der Waals surface area contributed by atoms with E-state index in [2.05, 4.69) is 16.4 Å². The van der Waals surface area contributed by atoms with E-state index >= 15 is 0 Å². The molecule has 0 bridgehead atoms. The lowest BCUT2D eigenvalue weighted by molar-refractivity contribution is 0.0564. The van der Waals surface area contributed by atoms with Crippen molar-refractivity contribution in [2.75, 3.05) is 0 Å². The van der Waals surface area contributed by atoms with Crippen LogP contribution in [0.2, 0.25) is 5.02 Å². The van der Waals surface area contributed by atoms with Crippen molar-refractivity contribution >= 4 is 11.6 Å². The number of benzene rings is 2. The maximum Gasteiger partial charge on any atom is 0.141 e. The number of aliphatic hydroxyl groups is 1. The van der Waals surface area contributed by atoms with Crippen LogP contribution in [-0.2, 0) is 12.0 Å². The maximum absolute atomic E-state index is 10.9. The molecule has 0 aliphatic rings. The van der Waals surface area contributed by atoms with Crippen LogP contribution in [0.5, 0.6) is 5.75 Å². The van der Waals surface area contributed by atoms with Crippen LogP contribution in [0.25, 0.3) is 5.69 Å². The Bertz CT molecular complexity index is 899. The minimum Gasteiger partial charge on any atom is -0.506 e. The van der Waals surface area contributed by atoms with Crippen molar-refractivity contribution < 1.29 is 10.2 Å². The first-order chi connectivity index (χ1) is 11.7. The van der Waals surface area contributed by atoms with Crippen LogP contribution in [-0.4, -0.2) is 25.2 Å². The highest BCUT2D eigenvalue weighted by molar-refractivity contribution is 6.30. The molecule has 1 heterocycles. The fourth-order valence-electron chi connectivity index (χ4n) is 2.92. The van der Waals surface area contributed by atoms with Crippen LogP contribution >= 0.6 is 11.6 Å². The fraction of sp³-hybridized carbons (Fsp3) is 0.263. The normalized spacial score (nSPS) is 13.6. The Morgan fingerprint density at radius 2 is 1.80 bits per heavy atom. The number of aryl methyl sites for hydroxylation is 2. The van der Waals surface area contributed by atoms with Crippen LogP contribution in [0.4, 0.5) is 0 Å². The van der Waals surface area contributed by atoms with Gasteiger partial charge in [-0.2, -0.15) is 0 Å². The zero-order valence-electron chi connectivity index (χ0n) is 14.4. The number of phenols is 1. The van der Waals surface area contributed by atoms with Gasteiger partial charge in [-0.1, -0.05) is 46.1 Å². The smallest absolute Gasteiger partial charge is 0.141 e. The van der Waals surface area contributed by atoms with Gasteiger partial charge in [-0.25, -0.2) is 4.68 Å². The molecule has 130 valence electrons. The number of aromatic hydroxyl groups is 1. The van der Waals surface area contributed by atoms with E-state index in [-0.39, 0.29) is 5.75 Å². The van der Waals surface area contributed by atoms with E-state index in [0.29, 0.717) is 22.8 Å². The number of hydrogen-bond donors (Lipinski definition) is 2. The van der Waals surface area contributed by atoms with Crippen LogP contribution in [0.1, 0.15) is 29.3 Å². The number of nitrogens with zero attached hydrogens (tertiary/aromatic N) is 3. The number of aromatic nitrogens is 3. The minimum absolute atomic E-state index is 0.0573. The summed E-state index contributed by atoms with van der Waals surface area (Å²) in [6, 6.07) is 10.7. The lowest BCUT2D eigenvalue weighted by atomic mass is 9.89. The molecule has 0 fully saturated rings. The number of rotatable bonds is 4. The number of halogens is 1. The lowest BCUT2D eigenvalue weighted by Gasteiger charge is -2.23. The SMILES string of the molecule is Cc1cc(C)cc(C(C)(O)Cc2cn(-c3cc(Cl)ccc3O)nn2)c1. The van der Waals surface area contributed by atoms with Crippen LogP contribution < -0.4 is 0 Å². The van der Waals surface area contributed by atoms with Crippen molar-refractivity contribution in [2.45, 2.75) is 32.8 Å². The molecule has 0 radical (unpaired) electrons. The first kappa shape index (κ1) is 17.5. The van der Waals surface area contributed by atoms with E-state index < -0.39 is 5.60 Å². The quantitative estimate of drug-likeness (QED) is 0.747. The van der Waals surface area contributed by atoms with Gasteiger partial charge in [0.15, 0.2) is 0 Å². The van der Waals surface area contributed by atoms with E-state index in [4.69, 9.17) is 11.6 Å². The third-order valence-electron chi connectivity index (χ3n) is 4.09. The van der Waals surface area contributed by atoms with E-state index in [0.717, 1.165) is 16.7 Å². The molecule has 2 N–H and O–H groups in total. The van der Waals surface area contributed by atoms with E-state index in [1.807, 2.05) is 26.0 Å². The Balaban J connectivity index is 1.88. The van der Waals surface area contributed by atoms with Gasteiger partial charge in [0.1, 0.15) is 11.4 Å². The summed E-state index contributed by atoms with van der Waals surface area (Å²) in [7, 11) is 0. The summed E-state index contributed by atoms with van der Waals surface area (Å²) in [6.07, 6.45) is 1.99. The number of phenolic OH excluding ortho intramolecular Hbond substituents is 1. The second-order valence-electron chi connectivity index (χ2n) is 6.61. The van der Waals surface area contributed by atoms with Gasteiger partial charge in [0, 0.05) is 11.4 Å². The first-order valence-corrected chi connectivity index (χ1v) is 8.34. The van der Waals surface area contributed by atoms with Gasteiger partial charge in [0.25, 0.3) is 0 Å². The highest BCUT2D eigenvalue weighted by Gasteiger charge is 2.26. The Kier molecular flexibility index (Phi) is 4.54. The molecule has 0 saturated carbocycles. The van der Waals surface area contributed by atoms with Crippen molar-refractivity contribution in [1.29, 1.82) is 0 Å². The second kappa shape index (κ2) is 6.50. The summed E-state index contributed by atoms with van der Waals surface area (Å²) in [5.74, 6) is 0.0573. The van der Waals surface area contributed by atoms with E-state index in [1.165, 1.54) is 10.7 Å². The molecular formula is C19H20ClN3O2. The van der Waals surface area contributed by atoms with Gasteiger partial charge >= 0.3 is 0 Å². The van der Waals surface area contributed by atoms with Crippen LogP contribution in [0.3, 0.4) is 0 Å². The third-order valence-corrected chi connectivity index (χ3v) is 4.33. The highest BCUT2D eigenvalue weighted by atomic mass is 35.5. The topological polar surface area (TPSA) is 71.2 Å². The van der Waals surface area contributed by atoms with Gasteiger partial charge in [-0.05, 0) is 44.5 Å². The van der Waals surface area contributed by atoms with Gasteiger partial charge in [-0.3, -0.25) is 0 Å². The molecule has 1 atom stereocenters. The zero-order valence-corrected chi connectivity index (χ0v) is 15.1. The Labute approximate surface area is 151 Å². The van der Waals surface area contributed by atoms with Crippen LogP contribution in [0.15, 0.2) is 42.6 Å². The molecule has 0 aliphatic heterocycles. The van der Waals surface area contributed by atoms with Gasteiger partial charge in [0.05, 0.1) is 17.5 Å². The molecule has 0 spiro atoms. The van der Waals surface area contributed by atoms with Gasteiger partial charge in [-0.15, -0.1) is 5.10 Å². The standard InChI is InChI=1S/C19H20ClN3O2/c1-12-6-13(2)8-14(7-12)19(3,25)10-16-11-23(22-21-16)17-9-15(20)4-5-18(17)24/h4-9,11,24-25H,10H2,1-3H3. The van der Waals surface area contributed by atoms with Crippen molar-refractivity contribution in [1.82, 2.24) is 15.0 Å². The zero-order chi connectivity index (χ0) is 18.2. The molecule has 2 aromatic carbocycles. The maximum atomic E-state index is 10.9. The second-order valence-corrected chi connectivity index (χ2v) is 7.05. The average molecular weight is 358 g/mol. The Hall–Kier alpha value is -2.37. The summed E-state index contributed by atoms with van der Waals surface area (Å²) in [6.45, 7) is 5.77. The molecular weight excluding hydrogens is 338 g/mol. The molecule has 0 amide bonds. The molecule has 3 aromatic rings. The first-order valence-electron chi connectivity index (χ1n) is 7.96.